The summed E-state index contributed by atoms with van der Waals surface area (Å²) < 4.78 is 14.4. The first kappa shape index (κ1) is 26.8. The molecule has 1 aliphatic carbocycles. The quantitative estimate of drug-likeness (QED) is 0.388. The Kier molecular flexibility index (Phi) is 8.39. The molecule has 2 N–H and O–H groups in total. The zero-order valence-corrected chi connectivity index (χ0v) is 23.0. The summed E-state index contributed by atoms with van der Waals surface area (Å²) in [6.45, 7) is 2.91. The van der Waals surface area contributed by atoms with Crippen LogP contribution in [0.3, 0.4) is 0 Å². The molecule has 6 nitrogen and oxygen atoms in total. The van der Waals surface area contributed by atoms with Gasteiger partial charge in [0.1, 0.15) is 10.8 Å². The van der Waals surface area contributed by atoms with Gasteiger partial charge in [-0.3, -0.25) is 9.59 Å². The number of aromatic nitrogens is 1. The summed E-state index contributed by atoms with van der Waals surface area (Å²) in [6, 6.07) is 10.4. The highest BCUT2D eigenvalue weighted by molar-refractivity contribution is 7.10. The molecular weight excluding hydrogens is 499 g/mol. The Hall–Kier alpha value is -2.84. The molecule has 8 heteroatoms. The lowest BCUT2D eigenvalue weighted by atomic mass is 9.79. The molecule has 202 valence electrons. The van der Waals surface area contributed by atoms with E-state index in [9.17, 15) is 14.0 Å². The molecule has 0 radical (unpaired) electrons. The zero-order chi connectivity index (χ0) is 26.6. The second-order valence-corrected chi connectivity index (χ2v) is 11.6. The van der Waals surface area contributed by atoms with Gasteiger partial charge in [0.15, 0.2) is 0 Å². The van der Waals surface area contributed by atoms with Gasteiger partial charge in [0.2, 0.25) is 11.8 Å². The molecule has 5 rings (SSSR count). The number of thiazole rings is 1. The molecule has 2 heterocycles. The van der Waals surface area contributed by atoms with Crippen molar-refractivity contribution in [3.63, 3.8) is 0 Å². The molecule has 2 fully saturated rings. The highest BCUT2D eigenvalue weighted by atomic mass is 32.1. The van der Waals surface area contributed by atoms with Gasteiger partial charge < -0.3 is 15.5 Å². The van der Waals surface area contributed by atoms with Crippen LogP contribution in [-0.2, 0) is 9.59 Å². The van der Waals surface area contributed by atoms with Gasteiger partial charge in [-0.05, 0) is 63.1 Å². The fourth-order valence-corrected chi connectivity index (χ4v) is 7.00. The van der Waals surface area contributed by atoms with E-state index in [-0.39, 0.29) is 35.6 Å². The van der Waals surface area contributed by atoms with Crippen LogP contribution in [0.25, 0.3) is 22.0 Å². The summed E-state index contributed by atoms with van der Waals surface area (Å²) in [5, 5.41) is 10.4. The number of amides is 2. The van der Waals surface area contributed by atoms with Gasteiger partial charge in [-0.15, -0.1) is 11.3 Å². The summed E-state index contributed by atoms with van der Waals surface area (Å²) in [5.74, 6) is -0.0993. The number of carbonyl (C=O) groups is 2. The monoisotopic (exact) mass is 536 g/mol. The van der Waals surface area contributed by atoms with Crippen molar-refractivity contribution in [3.8, 4) is 11.3 Å². The number of benzene rings is 2. The minimum absolute atomic E-state index is 0.0639. The first-order valence-electron chi connectivity index (χ1n) is 13.9. The maximum absolute atomic E-state index is 14.4. The number of hydrogen-bond acceptors (Lipinski definition) is 5. The minimum atomic E-state index is -0.298. The number of likely N-dealkylation sites (N-methyl/N-ethyl adjacent to an activating group) is 1. The van der Waals surface area contributed by atoms with E-state index in [1.807, 2.05) is 35.4 Å². The van der Waals surface area contributed by atoms with E-state index in [1.165, 1.54) is 12.5 Å². The van der Waals surface area contributed by atoms with Crippen molar-refractivity contribution in [1.29, 1.82) is 0 Å². The molecule has 3 aromatic rings. The summed E-state index contributed by atoms with van der Waals surface area (Å²) in [4.78, 5) is 33.6. The van der Waals surface area contributed by atoms with Crippen LogP contribution in [0.5, 0.6) is 0 Å². The Morgan fingerprint density at radius 1 is 1.08 bits per heavy atom. The van der Waals surface area contributed by atoms with Crippen molar-refractivity contribution >= 4 is 33.9 Å². The summed E-state index contributed by atoms with van der Waals surface area (Å²) >= 11 is 1.57. The smallest absolute Gasteiger partial charge is 0.236 e. The van der Waals surface area contributed by atoms with Crippen molar-refractivity contribution < 1.29 is 14.0 Å². The Labute approximate surface area is 228 Å². The van der Waals surface area contributed by atoms with E-state index in [2.05, 4.69) is 10.6 Å². The van der Waals surface area contributed by atoms with Crippen molar-refractivity contribution in [2.45, 2.75) is 64.0 Å². The van der Waals surface area contributed by atoms with Crippen LogP contribution in [-0.4, -0.2) is 47.9 Å². The summed E-state index contributed by atoms with van der Waals surface area (Å²) in [6.07, 6.45) is 7.37. The van der Waals surface area contributed by atoms with E-state index in [0.29, 0.717) is 24.4 Å². The van der Waals surface area contributed by atoms with Crippen LogP contribution in [0.2, 0.25) is 0 Å². The van der Waals surface area contributed by atoms with E-state index in [4.69, 9.17) is 4.98 Å². The predicted octanol–water partition coefficient (Wildman–Crippen LogP) is 5.69. The van der Waals surface area contributed by atoms with Crippen LogP contribution in [0.15, 0.2) is 41.8 Å². The Bertz CT molecular complexity index is 1290. The van der Waals surface area contributed by atoms with Gasteiger partial charge in [-0.1, -0.05) is 43.5 Å². The maximum Gasteiger partial charge on any atom is 0.236 e. The number of likely N-dealkylation sites (tertiary alicyclic amines) is 1. The van der Waals surface area contributed by atoms with Gasteiger partial charge in [-0.2, -0.15) is 0 Å². The van der Waals surface area contributed by atoms with Crippen molar-refractivity contribution in [2.75, 3.05) is 20.1 Å². The number of hydrogen-bond donors (Lipinski definition) is 2. The lowest BCUT2D eigenvalue weighted by Crippen LogP contribution is -2.48. The predicted molar refractivity (Wildman–Crippen MR) is 150 cm³/mol. The molecule has 3 atom stereocenters. The molecule has 1 aliphatic heterocycles. The van der Waals surface area contributed by atoms with E-state index in [0.717, 1.165) is 60.2 Å². The maximum atomic E-state index is 14.4. The summed E-state index contributed by atoms with van der Waals surface area (Å²) in [7, 11) is 1.76. The number of nitrogens with zero attached hydrogens (tertiary/aromatic N) is 2. The highest BCUT2D eigenvalue weighted by Crippen LogP contribution is 2.40. The Morgan fingerprint density at radius 3 is 2.61 bits per heavy atom. The average molecular weight is 537 g/mol. The number of nitrogens with one attached hydrogen (secondary N) is 2. The Balaban J connectivity index is 1.38. The second-order valence-electron chi connectivity index (χ2n) is 10.7. The third-order valence-corrected chi connectivity index (χ3v) is 9.29. The third-order valence-electron chi connectivity index (χ3n) is 8.35. The van der Waals surface area contributed by atoms with Crippen LogP contribution in [0.1, 0.15) is 62.9 Å². The first-order valence-corrected chi connectivity index (χ1v) is 14.7. The van der Waals surface area contributed by atoms with Crippen molar-refractivity contribution in [2.24, 2.45) is 11.8 Å². The first-order chi connectivity index (χ1) is 18.5. The second kappa shape index (κ2) is 11.9. The molecule has 2 amide bonds. The number of rotatable bonds is 8. The molecule has 0 unspecified atom stereocenters. The van der Waals surface area contributed by atoms with Gasteiger partial charge >= 0.3 is 0 Å². The molecule has 38 heavy (non-hydrogen) atoms. The molecule has 1 aromatic heterocycles. The van der Waals surface area contributed by atoms with Crippen molar-refractivity contribution in [3.05, 3.63) is 52.6 Å². The normalized spacial score (nSPS) is 20.0. The lowest BCUT2D eigenvalue weighted by Gasteiger charge is -2.34. The molecule has 1 saturated carbocycles. The molecule has 1 saturated heterocycles. The van der Waals surface area contributed by atoms with E-state index >= 15 is 0 Å². The van der Waals surface area contributed by atoms with Gasteiger partial charge in [0.25, 0.3) is 0 Å². The number of carbonyl (C=O) groups excluding carboxylic acids is 2. The van der Waals surface area contributed by atoms with Crippen LogP contribution < -0.4 is 10.6 Å². The van der Waals surface area contributed by atoms with E-state index in [1.54, 1.807) is 30.5 Å². The fourth-order valence-electron chi connectivity index (χ4n) is 6.04. The molecule has 2 aromatic carbocycles. The van der Waals surface area contributed by atoms with Crippen LogP contribution in [0, 0.1) is 17.7 Å². The van der Waals surface area contributed by atoms with Gasteiger partial charge in [-0.25, -0.2) is 9.37 Å². The van der Waals surface area contributed by atoms with E-state index < -0.39 is 0 Å². The van der Waals surface area contributed by atoms with Crippen LogP contribution >= 0.6 is 11.3 Å². The number of halogens is 1. The largest absolute Gasteiger partial charge is 0.354 e. The molecular formula is C30H37FN4O2S. The minimum Gasteiger partial charge on any atom is -0.354 e. The fraction of sp³-hybridized carbons (Fsp3) is 0.500. The van der Waals surface area contributed by atoms with Crippen molar-refractivity contribution in [1.82, 2.24) is 20.5 Å². The average Bonchev–Trinajstić information content (AvgIpc) is 3.63. The van der Waals surface area contributed by atoms with Gasteiger partial charge in [0.05, 0.1) is 23.7 Å². The third kappa shape index (κ3) is 5.47. The highest BCUT2D eigenvalue weighted by Gasteiger charge is 2.39. The van der Waals surface area contributed by atoms with Crippen LogP contribution in [0.4, 0.5) is 4.39 Å². The molecule has 2 aliphatic rings. The Morgan fingerprint density at radius 2 is 1.84 bits per heavy atom. The topological polar surface area (TPSA) is 74.3 Å². The number of fused-ring (bicyclic) bond motifs is 1. The zero-order valence-electron chi connectivity index (χ0n) is 22.2. The SMILES string of the molecule is CN[C@@H](C)C(=O)NC[C@H](C(=O)N1CCC[C@H]1c1nc(-c2ccc(F)c3ccccc23)cs1)C1CCCCC1. The lowest BCUT2D eigenvalue weighted by molar-refractivity contribution is -0.139. The standard InChI is InChI=1S/C30H37FN4O2S/c1-19(32-2)28(36)33-17-24(20-9-4-3-5-10-20)30(37)35-16-8-13-27(35)29-34-26(18-38-29)23-14-15-25(31)22-12-7-6-11-21(22)23/h6-7,11-12,14-15,18-20,24,27,32H,3-5,8-10,13,16-17H2,1-2H3,(H,33,36)/t19-,24-,27-/m0/s1. The van der Waals surface area contributed by atoms with Gasteiger partial charge in [0, 0.05) is 29.4 Å². The molecule has 0 spiro atoms. The summed E-state index contributed by atoms with van der Waals surface area (Å²) in [5.41, 5.74) is 1.72. The molecule has 0 bridgehead atoms.